The van der Waals surface area contributed by atoms with E-state index in [4.69, 9.17) is 9.47 Å². The predicted molar refractivity (Wildman–Crippen MR) is 133 cm³/mol. The maximum Gasteiger partial charge on any atom is 0.254 e. The highest BCUT2D eigenvalue weighted by Crippen LogP contribution is 2.33. The van der Waals surface area contributed by atoms with Crippen LogP contribution < -0.4 is 9.47 Å². The largest absolute Gasteiger partial charge is 0.454 e. The van der Waals surface area contributed by atoms with Crippen LogP contribution in [0.25, 0.3) is 0 Å². The summed E-state index contributed by atoms with van der Waals surface area (Å²) in [4.78, 5) is 31.3. The Morgan fingerprint density at radius 1 is 0.971 bits per heavy atom. The van der Waals surface area contributed by atoms with Crippen molar-refractivity contribution >= 4 is 23.2 Å². The number of hydrogen-bond donors (Lipinski definition) is 0. The first-order valence-electron chi connectivity index (χ1n) is 11.5. The van der Waals surface area contributed by atoms with Gasteiger partial charge in [-0.1, -0.05) is 31.2 Å². The SMILES string of the molecule is CCc1ccc(C(=O)N(CC(=O)N(Cc2ccc3c(c2)OCO3)Cc2cccs2)C(C)C)cc1. The third kappa shape index (κ3) is 5.59. The summed E-state index contributed by atoms with van der Waals surface area (Å²) in [5.74, 6) is 1.17. The molecule has 0 atom stereocenters. The van der Waals surface area contributed by atoms with E-state index in [1.807, 2.05) is 73.8 Å². The highest BCUT2D eigenvalue weighted by atomic mass is 32.1. The second-order valence-electron chi connectivity index (χ2n) is 8.59. The minimum Gasteiger partial charge on any atom is -0.454 e. The second-order valence-corrected chi connectivity index (χ2v) is 9.63. The Labute approximate surface area is 204 Å². The molecule has 2 amide bonds. The molecule has 0 spiro atoms. The smallest absolute Gasteiger partial charge is 0.254 e. The van der Waals surface area contributed by atoms with Crippen molar-refractivity contribution in [3.8, 4) is 11.5 Å². The maximum atomic E-state index is 13.5. The number of ether oxygens (including phenoxy) is 2. The second kappa shape index (κ2) is 10.7. The quantitative estimate of drug-likeness (QED) is 0.428. The van der Waals surface area contributed by atoms with Crippen molar-refractivity contribution in [3.05, 3.63) is 81.5 Å². The lowest BCUT2D eigenvalue weighted by molar-refractivity contribution is -0.133. The van der Waals surface area contributed by atoms with E-state index in [1.54, 1.807) is 21.1 Å². The van der Waals surface area contributed by atoms with Crippen LogP contribution in [0, 0.1) is 0 Å². The number of amides is 2. The molecule has 0 radical (unpaired) electrons. The molecular formula is C27H30N2O4S. The van der Waals surface area contributed by atoms with Gasteiger partial charge >= 0.3 is 0 Å². The summed E-state index contributed by atoms with van der Waals surface area (Å²) < 4.78 is 10.9. The Hall–Kier alpha value is -3.32. The fourth-order valence-electron chi connectivity index (χ4n) is 3.87. The fraction of sp³-hybridized carbons (Fsp3) is 0.333. The maximum absolute atomic E-state index is 13.5. The van der Waals surface area contributed by atoms with Crippen LogP contribution in [0.4, 0.5) is 0 Å². The zero-order valence-corrected chi connectivity index (χ0v) is 20.6. The number of benzene rings is 2. The van der Waals surface area contributed by atoms with Gasteiger partial charge in [0.1, 0.15) is 6.54 Å². The molecule has 2 aromatic carbocycles. The topological polar surface area (TPSA) is 59.1 Å². The Morgan fingerprint density at radius 3 is 2.38 bits per heavy atom. The Balaban J connectivity index is 1.53. The lowest BCUT2D eigenvalue weighted by Crippen LogP contribution is -2.45. The van der Waals surface area contributed by atoms with Gasteiger partial charge < -0.3 is 19.3 Å². The third-order valence-corrected chi connectivity index (χ3v) is 6.75. The summed E-state index contributed by atoms with van der Waals surface area (Å²) in [6.07, 6.45) is 0.915. The highest BCUT2D eigenvalue weighted by molar-refractivity contribution is 7.09. The molecule has 4 rings (SSSR count). The number of thiophene rings is 1. The average Bonchev–Trinajstić information content (AvgIpc) is 3.53. The molecular weight excluding hydrogens is 448 g/mol. The van der Waals surface area contributed by atoms with Crippen molar-refractivity contribution in [1.82, 2.24) is 9.80 Å². The standard InChI is InChI=1S/C27H30N2O4S/c1-4-20-7-10-22(11-8-20)27(31)29(19(2)3)17-26(30)28(16-23-6-5-13-34-23)15-21-9-12-24-25(14-21)33-18-32-24/h5-14,19H,4,15-18H2,1-3H3. The van der Waals surface area contributed by atoms with Gasteiger partial charge in [-0.2, -0.15) is 0 Å². The predicted octanol–water partition coefficient (Wildman–Crippen LogP) is 5.12. The molecule has 7 heteroatoms. The third-order valence-electron chi connectivity index (χ3n) is 5.89. The first-order chi connectivity index (χ1) is 16.4. The molecule has 0 aliphatic carbocycles. The van der Waals surface area contributed by atoms with E-state index in [9.17, 15) is 9.59 Å². The van der Waals surface area contributed by atoms with Crippen molar-refractivity contribution in [2.24, 2.45) is 0 Å². The zero-order valence-electron chi connectivity index (χ0n) is 19.8. The van der Waals surface area contributed by atoms with Gasteiger partial charge in [-0.15, -0.1) is 11.3 Å². The number of rotatable bonds is 9. The van der Waals surface area contributed by atoms with Gasteiger partial charge in [0.05, 0.1) is 6.54 Å². The van der Waals surface area contributed by atoms with Gasteiger partial charge in [0.25, 0.3) is 5.91 Å². The molecule has 3 aromatic rings. The first-order valence-corrected chi connectivity index (χ1v) is 12.4. The molecule has 178 valence electrons. The number of fused-ring (bicyclic) bond motifs is 1. The van der Waals surface area contributed by atoms with Crippen LogP contribution in [0.1, 0.15) is 47.1 Å². The lowest BCUT2D eigenvalue weighted by atomic mass is 10.1. The number of carbonyl (C=O) groups is 2. The van der Waals surface area contributed by atoms with Crippen molar-refractivity contribution in [2.75, 3.05) is 13.3 Å². The van der Waals surface area contributed by atoms with Gasteiger partial charge in [0, 0.05) is 23.0 Å². The zero-order chi connectivity index (χ0) is 24.1. The van der Waals surface area contributed by atoms with E-state index in [1.165, 1.54) is 5.56 Å². The van der Waals surface area contributed by atoms with E-state index >= 15 is 0 Å². The van der Waals surface area contributed by atoms with E-state index in [0.29, 0.717) is 30.2 Å². The molecule has 0 N–H and O–H groups in total. The molecule has 0 fully saturated rings. The van der Waals surface area contributed by atoms with Crippen LogP contribution in [-0.4, -0.2) is 41.0 Å². The van der Waals surface area contributed by atoms with Crippen molar-refractivity contribution in [3.63, 3.8) is 0 Å². The van der Waals surface area contributed by atoms with E-state index < -0.39 is 0 Å². The van der Waals surface area contributed by atoms with Crippen molar-refractivity contribution < 1.29 is 19.1 Å². The molecule has 0 saturated heterocycles. The minimum atomic E-state index is -0.134. The molecule has 6 nitrogen and oxygen atoms in total. The van der Waals surface area contributed by atoms with Crippen LogP contribution in [0.5, 0.6) is 11.5 Å². The first kappa shape index (κ1) is 23.8. The number of aryl methyl sites for hydroxylation is 1. The van der Waals surface area contributed by atoms with E-state index in [2.05, 4.69) is 6.92 Å². The van der Waals surface area contributed by atoms with Gasteiger partial charge in [-0.05, 0) is 67.1 Å². The molecule has 1 aliphatic heterocycles. The van der Waals surface area contributed by atoms with Gasteiger partial charge in [-0.25, -0.2) is 0 Å². The summed E-state index contributed by atoms with van der Waals surface area (Å²) in [6, 6.07) is 17.2. The Kier molecular flexibility index (Phi) is 7.53. The van der Waals surface area contributed by atoms with E-state index in [0.717, 1.165) is 16.9 Å². The minimum absolute atomic E-state index is 0.0158. The average molecular weight is 479 g/mol. The summed E-state index contributed by atoms with van der Waals surface area (Å²) >= 11 is 1.61. The van der Waals surface area contributed by atoms with E-state index in [-0.39, 0.29) is 31.2 Å². The number of hydrogen-bond acceptors (Lipinski definition) is 5. The monoisotopic (exact) mass is 478 g/mol. The normalized spacial score (nSPS) is 12.1. The molecule has 0 bridgehead atoms. The van der Waals surface area contributed by atoms with Crippen molar-refractivity contribution in [2.45, 2.75) is 46.3 Å². The fourth-order valence-corrected chi connectivity index (χ4v) is 4.59. The molecule has 1 aliphatic rings. The molecule has 2 heterocycles. The number of carbonyl (C=O) groups excluding carboxylic acids is 2. The van der Waals surface area contributed by atoms with Crippen LogP contribution in [-0.2, 0) is 24.3 Å². The molecule has 34 heavy (non-hydrogen) atoms. The Morgan fingerprint density at radius 2 is 1.71 bits per heavy atom. The summed E-state index contributed by atoms with van der Waals surface area (Å²) in [6.45, 7) is 7.08. The highest BCUT2D eigenvalue weighted by Gasteiger charge is 2.25. The summed E-state index contributed by atoms with van der Waals surface area (Å²) in [5, 5.41) is 2.00. The van der Waals surface area contributed by atoms with Crippen LogP contribution in [0.3, 0.4) is 0 Å². The molecule has 0 unspecified atom stereocenters. The van der Waals surface area contributed by atoms with Gasteiger partial charge in [-0.3, -0.25) is 9.59 Å². The molecule has 1 aromatic heterocycles. The molecule has 0 saturated carbocycles. The summed E-state index contributed by atoms with van der Waals surface area (Å²) in [5.41, 5.74) is 2.72. The number of nitrogens with zero attached hydrogens (tertiary/aromatic N) is 2. The Bertz CT molecular complexity index is 1130. The lowest BCUT2D eigenvalue weighted by Gasteiger charge is -2.30. The van der Waals surface area contributed by atoms with Gasteiger partial charge in [0.15, 0.2) is 11.5 Å². The van der Waals surface area contributed by atoms with Crippen LogP contribution >= 0.6 is 11.3 Å². The summed E-state index contributed by atoms with van der Waals surface area (Å²) in [7, 11) is 0. The van der Waals surface area contributed by atoms with Crippen LogP contribution in [0.15, 0.2) is 60.0 Å². The van der Waals surface area contributed by atoms with Gasteiger partial charge in [0.2, 0.25) is 12.7 Å². The van der Waals surface area contributed by atoms with Crippen LogP contribution in [0.2, 0.25) is 0 Å². The van der Waals surface area contributed by atoms with Crippen molar-refractivity contribution in [1.29, 1.82) is 0 Å².